The molecule has 0 bridgehead atoms. The van der Waals surface area contributed by atoms with Gasteiger partial charge in [-0.2, -0.15) is 9.97 Å². The fraction of sp³-hybridized carbons (Fsp3) is 0.500. The van der Waals surface area contributed by atoms with Gasteiger partial charge in [-0.3, -0.25) is 4.79 Å². The third-order valence-electron chi connectivity index (χ3n) is 2.25. The molecular formula is C10H17N5O2. The molecule has 94 valence electrons. The van der Waals surface area contributed by atoms with Gasteiger partial charge in [0.25, 0.3) is 0 Å². The van der Waals surface area contributed by atoms with Crippen LogP contribution in [-0.4, -0.2) is 48.0 Å². The SMILES string of the molecule is CCN(C)C(=O)CNc1cc(OC)nc(N)n1. The van der Waals surface area contributed by atoms with Gasteiger partial charge in [-0.05, 0) is 6.92 Å². The van der Waals surface area contributed by atoms with Crippen LogP contribution in [0, 0.1) is 0 Å². The molecule has 17 heavy (non-hydrogen) atoms. The molecular weight excluding hydrogens is 222 g/mol. The molecule has 0 aliphatic carbocycles. The first-order chi connectivity index (χ1) is 8.06. The van der Waals surface area contributed by atoms with Crippen LogP contribution in [0.25, 0.3) is 0 Å². The highest BCUT2D eigenvalue weighted by molar-refractivity contribution is 5.80. The molecule has 0 saturated carbocycles. The summed E-state index contributed by atoms with van der Waals surface area (Å²) in [6.45, 7) is 2.73. The lowest BCUT2D eigenvalue weighted by molar-refractivity contribution is -0.127. The molecule has 0 aliphatic heterocycles. The van der Waals surface area contributed by atoms with Crippen molar-refractivity contribution in [1.29, 1.82) is 0 Å². The van der Waals surface area contributed by atoms with Crippen LogP contribution in [0.15, 0.2) is 6.07 Å². The van der Waals surface area contributed by atoms with Gasteiger partial charge in [-0.1, -0.05) is 0 Å². The summed E-state index contributed by atoms with van der Waals surface area (Å²) in [4.78, 5) is 20.9. The van der Waals surface area contributed by atoms with E-state index in [1.807, 2.05) is 6.92 Å². The van der Waals surface area contributed by atoms with E-state index in [1.165, 1.54) is 7.11 Å². The van der Waals surface area contributed by atoms with Crippen molar-refractivity contribution in [1.82, 2.24) is 14.9 Å². The number of hydrogen-bond acceptors (Lipinski definition) is 6. The van der Waals surface area contributed by atoms with Crippen molar-refractivity contribution in [3.05, 3.63) is 6.07 Å². The first-order valence-corrected chi connectivity index (χ1v) is 5.23. The summed E-state index contributed by atoms with van der Waals surface area (Å²) in [5.41, 5.74) is 5.49. The second kappa shape index (κ2) is 5.88. The van der Waals surface area contributed by atoms with E-state index in [-0.39, 0.29) is 18.4 Å². The number of methoxy groups -OCH3 is 1. The normalized spacial score (nSPS) is 9.82. The second-order valence-electron chi connectivity index (χ2n) is 3.42. The van der Waals surface area contributed by atoms with Gasteiger partial charge < -0.3 is 20.7 Å². The lowest BCUT2D eigenvalue weighted by Gasteiger charge is -2.15. The molecule has 1 aromatic rings. The van der Waals surface area contributed by atoms with E-state index < -0.39 is 0 Å². The molecule has 1 heterocycles. The Morgan fingerprint density at radius 2 is 2.29 bits per heavy atom. The van der Waals surface area contributed by atoms with Gasteiger partial charge in [0.15, 0.2) is 0 Å². The minimum absolute atomic E-state index is 0.0244. The molecule has 7 heteroatoms. The first-order valence-electron chi connectivity index (χ1n) is 5.23. The number of carbonyl (C=O) groups excluding carboxylic acids is 1. The molecule has 0 aliphatic rings. The maximum absolute atomic E-state index is 11.5. The third kappa shape index (κ3) is 3.78. The van der Waals surface area contributed by atoms with Crippen molar-refractivity contribution >= 4 is 17.7 Å². The summed E-state index contributed by atoms with van der Waals surface area (Å²) in [6.07, 6.45) is 0. The molecule has 0 spiro atoms. The van der Waals surface area contributed by atoms with Gasteiger partial charge in [-0.25, -0.2) is 0 Å². The quantitative estimate of drug-likeness (QED) is 0.748. The van der Waals surface area contributed by atoms with E-state index >= 15 is 0 Å². The van der Waals surface area contributed by atoms with Crippen molar-refractivity contribution in [3.63, 3.8) is 0 Å². The maximum atomic E-state index is 11.5. The van der Waals surface area contributed by atoms with Crippen LogP contribution in [0.2, 0.25) is 0 Å². The average Bonchev–Trinajstić information content (AvgIpc) is 2.34. The highest BCUT2D eigenvalue weighted by atomic mass is 16.5. The van der Waals surface area contributed by atoms with Gasteiger partial charge in [0.05, 0.1) is 13.7 Å². The number of amides is 1. The summed E-state index contributed by atoms with van der Waals surface area (Å²) >= 11 is 0. The predicted molar refractivity (Wildman–Crippen MR) is 64.8 cm³/mol. The van der Waals surface area contributed by atoms with E-state index in [2.05, 4.69) is 15.3 Å². The highest BCUT2D eigenvalue weighted by Gasteiger charge is 2.07. The molecule has 0 saturated heterocycles. The lowest BCUT2D eigenvalue weighted by Crippen LogP contribution is -2.32. The fourth-order valence-corrected chi connectivity index (χ4v) is 1.12. The molecule has 0 radical (unpaired) electrons. The van der Waals surface area contributed by atoms with E-state index in [1.54, 1.807) is 18.0 Å². The lowest BCUT2D eigenvalue weighted by atomic mass is 10.4. The maximum Gasteiger partial charge on any atom is 0.241 e. The van der Waals surface area contributed by atoms with Crippen LogP contribution < -0.4 is 15.8 Å². The standard InChI is InChI=1S/C10H17N5O2/c1-4-15(2)9(16)6-12-7-5-8(17-3)14-10(11)13-7/h5H,4,6H2,1-3H3,(H3,11,12,13,14). The fourth-order valence-electron chi connectivity index (χ4n) is 1.12. The minimum Gasteiger partial charge on any atom is -0.481 e. The summed E-state index contributed by atoms with van der Waals surface area (Å²) in [7, 11) is 3.22. The largest absolute Gasteiger partial charge is 0.481 e. The zero-order valence-electron chi connectivity index (χ0n) is 10.2. The summed E-state index contributed by atoms with van der Waals surface area (Å²) in [6, 6.07) is 1.58. The van der Waals surface area contributed by atoms with E-state index in [9.17, 15) is 4.79 Å². The van der Waals surface area contributed by atoms with Crippen molar-refractivity contribution in [3.8, 4) is 5.88 Å². The number of ether oxygens (including phenoxy) is 1. The topological polar surface area (TPSA) is 93.4 Å². The third-order valence-corrected chi connectivity index (χ3v) is 2.25. The number of carbonyl (C=O) groups is 1. The van der Waals surface area contributed by atoms with Crippen LogP contribution in [-0.2, 0) is 4.79 Å². The van der Waals surface area contributed by atoms with Gasteiger partial charge in [0.1, 0.15) is 5.82 Å². The molecule has 7 nitrogen and oxygen atoms in total. The number of anilines is 2. The summed E-state index contributed by atoms with van der Waals surface area (Å²) < 4.78 is 4.94. The number of hydrogen-bond donors (Lipinski definition) is 2. The first kappa shape index (κ1) is 13.0. The van der Waals surface area contributed by atoms with Gasteiger partial charge >= 0.3 is 0 Å². The molecule has 1 aromatic heterocycles. The van der Waals surface area contributed by atoms with Crippen LogP contribution in [0.4, 0.5) is 11.8 Å². The number of likely N-dealkylation sites (N-methyl/N-ethyl adjacent to an activating group) is 1. The van der Waals surface area contributed by atoms with Gasteiger partial charge in [-0.15, -0.1) is 0 Å². The monoisotopic (exact) mass is 239 g/mol. The molecule has 0 aromatic carbocycles. The van der Waals surface area contributed by atoms with Crippen LogP contribution >= 0.6 is 0 Å². The van der Waals surface area contributed by atoms with Crippen LogP contribution in [0.5, 0.6) is 5.88 Å². The number of rotatable bonds is 5. The Morgan fingerprint density at radius 3 is 2.88 bits per heavy atom. The van der Waals surface area contributed by atoms with Crippen molar-refractivity contribution in [2.75, 3.05) is 38.3 Å². The Labute approximate surface area is 100.0 Å². The average molecular weight is 239 g/mol. The number of aromatic nitrogens is 2. The zero-order valence-corrected chi connectivity index (χ0v) is 10.2. The highest BCUT2D eigenvalue weighted by Crippen LogP contribution is 2.13. The van der Waals surface area contributed by atoms with E-state index in [0.29, 0.717) is 18.2 Å². The van der Waals surface area contributed by atoms with Crippen molar-refractivity contribution in [2.24, 2.45) is 0 Å². The van der Waals surface area contributed by atoms with Gasteiger partial charge in [0.2, 0.25) is 17.7 Å². The Morgan fingerprint density at radius 1 is 1.59 bits per heavy atom. The molecule has 0 unspecified atom stereocenters. The molecule has 0 atom stereocenters. The number of nitrogen functional groups attached to an aromatic ring is 1. The van der Waals surface area contributed by atoms with Crippen molar-refractivity contribution in [2.45, 2.75) is 6.92 Å². The molecule has 1 rings (SSSR count). The Balaban J connectivity index is 2.63. The number of nitrogens with one attached hydrogen (secondary N) is 1. The summed E-state index contributed by atoms with van der Waals surface area (Å²) in [5.74, 6) is 0.898. The number of nitrogens with zero attached hydrogens (tertiary/aromatic N) is 3. The Kier molecular flexibility index (Phi) is 4.50. The minimum atomic E-state index is -0.0244. The van der Waals surface area contributed by atoms with Crippen LogP contribution in [0.1, 0.15) is 6.92 Å². The van der Waals surface area contributed by atoms with Crippen LogP contribution in [0.3, 0.4) is 0 Å². The second-order valence-corrected chi connectivity index (χ2v) is 3.42. The van der Waals surface area contributed by atoms with E-state index in [4.69, 9.17) is 10.5 Å². The molecule has 3 N–H and O–H groups in total. The Hall–Kier alpha value is -2.05. The summed E-state index contributed by atoms with van der Waals surface area (Å²) in [5, 5.41) is 2.87. The van der Waals surface area contributed by atoms with Crippen molar-refractivity contribution < 1.29 is 9.53 Å². The predicted octanol–water partition coefficient (Wildman–Crippen LogP) is -0.0424. The van der Waals surface area contributed by atoms with E-state index in [0.717, 1.165) is 0 Å². The smallest absolute Gasteiger partial charge is 0.241 e. The molecule has 0 fully saturated rings. The molecule has 1 amide bonds. The Bertz CT molecular complexity index is 396. The van der Waals surface area contributed by atoms with Gasteiger partial charge in [0, 0.05) is 19.7 Å². The number of nitrogens with two attached hydrogens (primary N) is 1. The zero-order chi connectivity index (χ0) is 12.8.